The van der Waals surface area contributed by atoms with Gasteiger partial charge in [0.2, 0.25) is 11.8 Å². The van der Waals surface area contributed by atoms with E-state index >= 15 is 0 Å². The Balaban J connectivity index is 0.00000220. The molecule has 0 aliphatic carbocycles. The molecule has 2 N–H and O–H groups in total. The number of ether oxygens (including phenoxy) is 1. The molecule has 0 aromatic heterocycles. The second-order valence-corrected chi connectivity index (χ2v) is 4.61. The summed E-state index contributed by atoms with van der Waals surface area (Å²) in [6.07, 6.45) is 1.40. The van der Waals surface area contributed by atoms with Crippen LogP contribution >= 0.6 is 12.4 Å². The lowest BCUT2D eigenvalue weighted by molar-refractivity contribution is -0.117. The first kappa shape index (κ1) is 17.3. The number of methoxy groups -OCH3 is 1. The number of anilines is 2. The number of hydrogen-bond acceptors (Lipinski definition) is 4. The standard InChI is InChI=1S/C14H19N3O3.ClH/c1-15-9-13(18)16-10-5-6-12(20-2)11(8-10)17-7-3-4-14(17)19;/h5-6,8,15H,3-4,7,9H2,1-2H3,(H,16,18);1H. The molecule has 7 heteroatoms. The SMILES string of the molecule is CNCC(=O)Nc1ccc(OC)c(N2CCCC2=O)c1.Cl. The fourth-order valence-corrected chi connectivity index (χ4v) is 2.25. The molecule has 1 aliphatic heterocycles. The van der Waals surface area contributed by atoms with E-state index in [2.05, 4.69) is 10.6 Å². The number of benzene rings is 1. The van der Waals surface area contributed by atoms with Gasteiger partial charge in [0, 0.05) is 18.7 Å². The van der Waals surface area contributed by atoms with E-state index in [0.717, 1.165) is 6.42 Å². The van der Waals surface area contributed by atoms with Gasteiger partial charge in [0.25, 0.3) is 0 Å². The van der Waals surface area contributed by atoms with E-state index in [1.807, 2.05) is 0 Å². The van der Waals surface area contributed by atoms with Gasteiger partial charge >= 0.3 is 0 Å². The smallest absolute Gasteiger partial charge is 0.238 e. The molecule has 1 aliphatic rings. The van der Waals surface area contributed by atoms with E-state index in [9.17, 15) is 9.59 Å². The van der Waals surface area contributed by atoms with Crippen LogP contribution in [0.25, 0.3) is 0 Å². The molecule has 116 valence electrons. The maximum atomic E-state index is 11.9. The van der Waals surface area contributed by atoms with Gasteiger partial charge < -0.3 is 20.3 Å². The maximum absolute atomic E-state index is 11.9. The zero-order valence-corrected chi connectivity index (χ0v) is 13.0. The van der Waals surface area contributed by atoms with Gasteiger partial charge in [0.05, 0.1) is 19.3 Å². The first-order valence-corrected chi connectivity index (χ1v) is 6.58. The Morgan fingerprint density at radius 1 is 1.43 bits per heavy atom. The lowest BCUT2D eigenvalue weighted by Crippen LogP contribution is -2.26. The molecule has 2 amide bonds. The fourth-order valence-electron chi connectivity index (χ4n) is 2.25. The first-order valence-electron chi connectivity index (χ1n) is 6.58. The number of nitrogens with one attached hydrogen (secondary N) is 2. The predicted octanol–water partition coefficient (Wildman–Crippen LogP) is 1.40. The summed E-state index contributed by atoms with van der Waals surface area (Å²) in [7, 11) is 3.28. The Kier molecular flexibility index (Phi) is 6.45. The topological polar surface area (TPSA) is 70.7 Å². The molecule has 1 aromatic rings. The highest BCUT2D eigenvalue weighted by molar-refractivity contribution is 5.98. The van der Waals surface area contributed by atoms with Crippen LogP contribution < -0.4 is 20.3 Å². The lowest BCUT2D eigenvalue weighted by atomic mass is 10.2. The molecule has 0 spiro atoms. The van der Waals surface area contributed by atoms with Crippen molar-refractivity contribution in [2.75, 3.05) is 37.5 Å². The van der Waals surface area contributed by atoms with E-state index in [-0.39, 0.29) is 30.8 Å². The quantitative estimate of drug-likeness (QED) is 0.862. The van der Waals surface area contributed by atoms with Gasteiger partial charge in [-0.25, -0.2) is 0 Å². The first-order chi connectivity index (χ1) is 9.65. The number of carbonyl (C=O) groups excluding carboxylic acids is 2. The molecule has 21 heavy (non-hydrogen) atoms. The summed E-state index contributed by atoms with van der Waals surface area (Å²) < 4.78 is 5.29. The number of hydrogen-bond donors (Lipinski definition) is 2. The highest BCUT2D eigenvalue weighted by Crippen LogP contribution is 2.33. The van der Waals surface area contributed by atoms with Crippen molar-refractivity contribution < 1.29 is 14.3 Å². The Morgan fingerprint density at radius 3 is 2.76 bits per heavy atom. The van der Waals surface area contributed by atoms with Crippen LogP contribution in [-0.2, 0) is 9.59 Å². The molecule has 6 nitrogen and oxygen atoms in total. The van der Waals surface area contributed by atoms with Gasteiger partial charge in [-0.2, -0.15) is 0 Å². The Bertz CT molecular complexity index is 522. The molecular weight excluding hydrogens is 294 g/mol. The van der Waals surface area contributed by atoms with Crippen LogP contribution in [0.1, 0.15) is 12.8 Å². The van der Waals surface area contributed by atoms with Gasteiger partial charge in [-0.15, -0.1) is 12.4 Å². The molecule has 1 aromatic carbocycles. The van der Waals surface area contributed by atoms with Crippen molar-refractivity contribution in [1.29, 1.82) is 0 Å². The zero-order chi connectivity index (χ0) is 14.5. The average Bonchev–Trinajstić information content (AvgIpc) is 2.85. The number of amides is 2. The van der Waals surface area contributed by atoms with Gasteiger partial charge in [-0.1, -0.05) is 0 Å². The Morgan fingerprint density at radius 2 is 2.19 bits per heavy atom. The van der Waals surface area contributed by atoms with Crippen molar-refractivity contribution in [3.05, 3.63) is 18.2 Å². The third-order valence-corrected chi connectivity index (χ3v) is 3.16. The minimum atomic E-state index is -0.128. The van der Waals surface area contributed by atoms with E-state index in [1.54, 1.807) is 37.3 Å². The van der Waals surface area contributed by atoms with Crippen LogP contribution in [-0.4, -0.2) is 39.1 Å². The number of halogens is 1. The minimum Gasteiger partial charge on any atom is -0.495 e. The molecular formula is C14H20ClN3O3. The summed E-state index contributed by atoms with van der Waals surface area (Å²) in [4.78, 5) is 25.1. The molecule has 2 rings (SSSR count). The van der Waals surface area contributed by atoms with Crippen molar-refractivity contribution in [2.45, 2.75) is 12.8 Å². The third kappa shape index (κ3) is 4.09. The van der Waals surface area contributed by atoms with Gasteiger partial charge in [-0.05, 0) is 31.7 Å². The van der Waals surface area contributed by atoms with Gasteiger partial charge in [0.15, 0.2) is 0 Å². The number of nitrogens with zero attached hydrogens (tertiary/aromatic N) is 1. The molecule has 0 bridgehead atoms. The van der Waals surface area contributed by atoms with Crippen molar-refractivity contribution in [3.8, 4) is 5.75 Å². The summed E-state index contributed by atoms with van der Waals surface area (Å²) >= 11 is 0. The highest BCUT2D eigenvalue weighted by atomic mass is 35.5. The number of rotatable bonds is 5. The van der Waals surface area contributed by atoms with E-state index in [1.165, 1.54) is 0 Å². The molecule has 1 heterocycles. The predicted molar refractivity (Wildman–Crippen MR) is 84.4 cm³/mol. The van der Waals surface area contributed by atoms with Gasteiger partial charge in [0.1, 0.15) is 5.75 Å². The summed E-state index contributed by atoms with van der Waals surface area (Å²) in [6, 6.07) is 5.29. The molecule has 0 unspecified atom stereocenters. The highest BCUT2D eigenvalue weighted by Gasteiger charge is 2.24. The number of carbonyl (C=O) groups is 2. The van der Waals surface area contributed by atoms with Crippen LogP contribution in [0.15, 0.2) is 18.2 Å². The van der Waals surface area contributed by atoms with Crippen molar-refractivity contribution >= 4 is 35.6 Å². The molecule has 1 fully saturated rings. The Hall–Kier alpha value is -1.79. The fraction of sp³-hybridized carbons (Fsp3) is 0.429. The monoisotopic (exact) mass is 313 g/mol. The largest absolute Gasteiger partial charge is 0.495 e. The average molecular weight is 314 g/mol. The molecule has 0 atom stereocenters. The lowest BCUT2D eigenvalue weighted by Gasteiger charge is -2.20. The normalized spacial score (nSPS) is 13.8. The third-order valence-electron chi connectivity index (χ3n) is 3.16. The summed E-state index contributed by atoms with van der Waals surface area (Å²) in [5.41, 5.74) is 1.36. The Labute approximate surface area is 130 Å². The minimum absolute atomic E-state index is 0. The van der Waals surface area contributed by atoms with Crippen molar-refractivity contribution in [1.82, 2.24) is 5.32 Å². The van der Waals surface area contributed by atoms with Crippen LogP contribution in [0.5, 0.6) is 5.75 Å². The van der Waals surface area contributed by atoms with E-state index in [4.69, 9.17) is 4.74 Å². The summed E-state index contributed by atoms with van der Waals surface area (Å²) in [5.74, 6) is 0.588. The van der Waals surface area contributed by atoms with Crippen LogP contribution in [0, 0.1) is 0 Å². The summed E-state index contributed by atoms with van der Waals surface area (Å²) in [5, 5.41) is 5.56. The summed E-state index contributed by atoms with van der Waals surface area (Å²) in [6.45, 7) is 0.924. The second-order valence-electron chi connectivity index (χ2n) is 4.61. The van der Waals surface area contributed by atoms with Crippen LogP contribution in [0.4, 0.5) is 11.4 Å². The van der Waals surface area contributed by atoms with Crippen LogP contribution in [0.2, 0.25) is 0 Å². The van der Waals surface area contributed by atoms with Gasteiger partial charge in [-0.3, -0.25) is 9.59 Å². The molecule has 1 saturated heterocycles. The van der Waals surface area contributed by atoms with E-state index in [0.29, 0.717) is 30.1 Å². The van der Waals surface area contributed by atoms with Crippen molar-refractivity contribution in [2.24, 2.45) is 0 Å². The van der Waals surface area contributed by atoms with Crippen molar-refractivity contribution in [3.63, 3.8) is 0 Å². The van der Waals surface area contributed by atoms with E-state index < -0.39 is 0 Å². The maximum Gasteiger partial charge on any atom is 0.238 e. The molecule has 0 saturated carbocycles. The second kappa shape index (κ2) is 7.85. The zero-order valence-electron chi connectivity index (χ0n) is 12.1. The number of likely N-dealkylation sites (N-methyl/N-ethyl adjacent to an activating group) is 1. The van der Waals surface area contributed by atoms with Crippen LogP contribution in [0.3, 0.4) is 0 Å². The molecule has 0 radical (unpaired) electrons.